The fourth-order valence-corrected chi connectivity index (χ4v) is 2.22. The molecule has 0 aromatic rings. The molecule has 3 heteroatoms. The van der Waals surface area contributed by atoms with Gasteiger partial charge >= 0.3 is 0 Å². The summed E-state index contributed by atoms with van der Waals surface area (Å²) >= 11 is 0. The minimum atomic E-state index is 1.10. The molecular formula is C15H31N3. The lowest BCUT2D eigenvalue weighted by molar-refractivity contribution is 0.0462. The molecule has 0 bridgehead atoms. The summed E-state index contributed by atoms with van der Waals surface area (Å²) in [5, 5.41) is 4.66. The number of unbranched alkanes of at least 4 members (excludes halogenated alkanes) is 3. The lowest BCUT2D eigenvalue weighted by Crippen LogP contribution is -2.52. The zero-order chi connectivity index (χ0) is 13.2. The highest BCUT2D eigenvalue weighted by Gasteiger charge is 2.15. The number of nitrogens with zero attached hydrogens (tertiary/aromatic N) is 2. The van der Waals surface area contributed by atoms with Gasteiger partial charge in [0.15, 0.2) is 0 Å². The summed E-state index contributed by atoms with van der Waals surface area (Å²) in [6, 6.07) is 0. The third-order valence-corrected chi connectivity index (χ3v) is 3.39. The Bertz CT molecular complexity index is 238. The van der Waals surface area contributed by atoms with Crippen LogP contribution in [0.15, 0.2) is 11.8 Å². The predicted molar refractivity (Wildman–Crippen MR) is 78.8 cm³/mol. The van der Waals surface area contributed by atoms with Crippen molar-refractivity contribution >= 4 is 0 Å². The van der Waals surface area contributed by atoms with Crippen LogP contribution in [0, 0.1) is 0 Å². The van der Waals surface area contributed by atoms with Gasteiger partial charge < -0.3 is 5.01 Å². The van der Waals surface area contributed by atoms with Crippen molar-refractivity contribution in [3.05, 3.63) is 11.8 Å². The van der Waals surface area contributed by atoms with Gasteiger partial charge in [0, 0.05) is 25.8 Å². The largest absolute Gasteiger partial charge is 0.302 e. The Balaban J connectivity index is 2.48. The van der Waals surface area contributed by atoms with Gasteiger partial charge in [-0.25, -0.2) is 5.01 Å². The number of hydrogen-bond acceptors (Lipinski definition) is 3. The Kier molecular flexibility index (Phi) is 8.10. The topological polar surface area (TPSA) is 18.5 Å². The van der Waals surface area contributed by atoms with Crippen molar-refractivity contribution in [2.75, 3.05) is 19.6 Å². The molecule has 1 aliphatic rings. The molecule has 1 N–H and O–H groups in total. The quantitative estimate of drug-likeness (QED) is 0.676. The average Bonchev–Trinajstić information content (AvgIpc) is 2.40. The summed E-state index contributed by atoms with van der Waals surface area (Å²) in [5.41, 5.74) is 5.11. The van der Waals surface area contributed by atoms with Crippen molar-refractivity contribution in [1.29, 1.82) is 0 Å². The number of nitrogens with one attached hydrogen (secondary N) is 1. The molecule has 0 fully saturated rings. The van der Waals surface area contributed by atoms with Gasteiger partial charge in [0.2, 0.25) is 0 Å². The normalized spacial score (nSPS) is 17.1. The van der Waals surface area contributed by atoms with Crippen LogP contribution >= 0.6 is 0 Å². The lowest BCUT2D eigenvalue weighted by Gasteiger charge is -2.36. The standard InChI is InChI=1S/C15H31N3/c1-4-7-10-15-13-17(11-8-5-2)16-18(14-15)12-9-6-3/h13,16H,4-12,14H2,1-3H3. The molecule has 0 unspecified atom stereocenters. The van der Waals surface area contributed by atoms with Crippen LogP contribution in [0.4, 0.5) is 0 Å². The molecule has 0 amide bonds. The average molecular weight is 253 g/mol. The zero-order valence-electron chi connectivity index (χ0n) is 12.5. The maximum absolute atomic E-state index is 3.52. The Morgan fingerprint density at radius 3 is 2.33 bits per heavy atom. The first kappa shape index (κ1) is 15.5. The van der Waals surface area contributed by atoms with Crippen molar-refractivity contribution in [3.8, 4) is 0 Å². The molecule has 1 rings (SSSR count). The second kappa shape index (κ2) is 9.40. The van der Waals surface area contributed by atoms with E-state index in [0.717, 1.165) is 19.6 Å². The van der Waals surface area contributed by atoms with E-state index in [1.165, 1.54) is 44.9 Å². The second-order valence-electron chi connectivity index (χ2n) is 5.31. The highest BCUT2D eigenvalue weighted by molar-refractivity contribution is 5.05. The molecule has 0 aromatic heterocycles. The summed E-state index contributed by atoms with van der Waals surface area (Å²) in [7, 11) is 0. The molecule has 1 aliphatic heterocycles. The summed E-state index contributed by atoms with van der Waals surface area (Å²) in [4.78, 5) is 0. The molecule has 0 aliphatic carbocycles. The van der Waals surface area contributed by atoms with Gasteiger partial charge in [-0.1, -0.05) is 40.0 Å². The number of hydrazine groups is 2. The van der Waals surface area contributed by atoms with Gasteiger partial charge in [0.25, 0.3) is 0 Å². The minimum absolute atomic E-state index is 1.10. The van der Waals surface area contributed by atoms with E-state index in [1.807, 2.05) is 0 Å². The molecule has 0 spiro atoms. The predicted octanol–water partition coefficient (Wildman–Crippen LogP) is 3.70. The highest BCUT2D eigenvalue weighted by Crippen LogP contribution is 2.14. The smallest absolute Gasteiger partial charge is 0.0376 e. The molecular weight excluding hydrogens is 222 g/mol. The first-order valence-corrected chi connectivity index (χ1v) is 7.77. The molecule has 0 radical (unpaired) electrons. The third-order valence-electron chi connectivity index (χ3n) is 3.39. The minimum Gasteiger partial charge on any atom is -0.302 e. The van der Waals surface area contributed by atoms with Crippen LogP contribution in [0.1, 0.15) is 65.7 Å². The van der Waals surface area contributed by atoms with E-state index >= 15 is 0 Å². The zero-order valence-corrected chi connectivity index (χ0v) is 12.5. The Morgan fingerprint density at radius 2 is 1.67 bits per heavy atom. The van der Waals surface area contributed by atoms with Crippen LogP contribution in [0.2, 0.25) is 0 Å². The van der Waals surface area contributed by atoms with Crippen molar-refractivity contribution in [2.24, 2.45) is 0 Å². The molecule has 3 nitrogen and oxygen atoms in total. The molecule has 0 aromatic carbocycles. The van der Waals surface area contributed by atoms with E-state index in [2.05, 4.69) is 42.5 Å². The van der Waals surface area contributed by atoms with Gasteiger partial charge in [0.1, 0.15) is 0 Å². The van der Waals surface area contributed by atoms with Crippen LogP contribution in [-0.2, 0) is 0 Å². The summed E-state index contributed by atoms with van der Waals surface area (Å²) in [5.74, 6) is 0. The SMILES string of the molecule is CCCCC1=CN(CCCC)NN(CCCC)C1. The van der Waals surface area contributed by atoms with Gasteiger partial charge in [-0.15, -0.1) is 0 Å². The monoisotopic (exact) mass is 253 g/mol. The molecule has 18 heavy (non-hydrogen) atoms. The first-order valence-electron chi connectivity index (χ1n) is 7.77. The van der Waals surface area contributed by atoms with Crippen molar-refractivity contribution in [3.63, 3.8) is 0 Å². The van der Waals surface area contributed by atoms with E-state index in [4.69, 9.17) is 0 Å². The number of rotatable bonds is 9. The molecule has 106 valence electrons. The Hall–Kier alpha value is -0.540. The molecule has 0 saturated carbocycles. The summed E-state index contributed by atoms with van der Waals surface area (Å²) in [6.07, 6.45) is 11.2. The molecule has 1 heterocycles. The maximum Gasteiger partial charge on any atom is 0.0376 e. The summed E-state index contributed by atoms with van der Waals surface area (Å²) < 4.78 is 0. The van der Waals surface area contributed by atoms with Crippen molar-refractivity contribution < 1.29 is 0 Å². The van der Waals surface area contributed by atoms with E-state index in [1.54, 1.807) is 5.57 Å². The van der Waals surface area contributed by atoms with E-state index in [0.29, 0.717) is 0 Å². The van der Waals surface area contributed by atoms with Crippen LogP contribution in [0.3, 0.4) is 0 Å². The first-order chi connectivity index (χ1) is 8.80. The van der Waals surface area contributed by atoms with Gasteiger partial charge in [-0.3, -0.25) is 0 Å². The van der Waals surface area contributed by atoms with E-state index in [9.17, 15) is 0 Å². The van der Waals surface area contributed by atoms with E-state index in [-0.39, 0.29) is 0 Å². The molecule has 0 saturated heterocycles. The number of hydrogen-bond donors (Lipinski definition) is 1. The van der Waals surface area contributed by atoms with Crippen LogP contribution in [0.25, 0.3) is 0 Å². The Morgan fingerprint density at radius 1 is 1.00 bits per heavy atom. The second-order valence-corrected chi connectivity index (χ2v) is 5.31. The Labute approximate surface area is 113 Å². The van der Waals surface area contributed by atoms with Crippen LogP contribution in [0.5, 0.6) is 0 Å². The highest BCUT2D eigenvalue weighted by atomic mass is 15.8. The van der Waals surface area contributed by atoms with Crippen LogP contribution in [-0.4, -0.2) is 29.7 Å². The van der Waals surface area contributed by atoms with Crippen molar-refractivity contribution in [1.82, 2.24) is 15.6 Å². The molecule has 0 atom stereocenters. The van der Waals surface area contributed by atoms with Crippen LogP contribution < -0.4 is 5.53 Å². The maximum atomic E-state index is 3.52. The fraction of sp³-hybridized carbons (Fsp3) is 0.867. The van der Waals surface area contributed by atoms with Gasteiger partial charge in [-0.2, -0.15) is 5.53 Å². The van der Waals surface area contributed by atoms with Crippen molar-refractivity contribution in [2.45, 2.75) is 65.7 Å². The fourth-order valence-electron chi connectivity index (χ4n) is 2.22. The lowest BCUT2D eigenvalue weighted by atomic mass is 10.1. The van der Waals surface area contributed by atoms with E-state index < -0.39 is 0 Å². The van der Waals surface area contributed by atoms with Gasteiger partial charge in [-0.05, 0) is 31.3 Å². The summed E-state index contributed by atoms with van der Waals surface area (Å²) in [6.45, 7) is 10.2. The third kappa shape index (κ3) is 5.87. The van der Waals surface area contributed by atoms with Gasteiger partial charge in [0.05, 0.1) is 0 Å².